The molecule has 1 saturated heterocycles. The van der Waals surface area contributed by atoms with Gasteiger partial charge in [0.25, 0.3) is 0 Å². The van der Waals surface area contributed by atoms with Crippen LogP contribution in [0.25, 0.3) is 0 Å². The number of hydrogen-bond acceptors (Lipinski definition) is 2. The molecule has 0 amide bonds. The molecule has 0 aromatic rings. The van der Waals surface area contributed by atoms with Crippen molar-refractivity contribution >= 4 is 0 Å². The molecule has 3 heteroatoms. The first kappa shape index (κ1) is 9.93. The van der Waals surface area contributed by atoms with Crippen LogP contribution >= 0.6 is 0 Å². The monoisotopic (exact) mass is 175 g/mol. The molecule has 2 atom stereocenters. The van der Waals surface area contributed by atoms with Crippen LogP contribution in [0.3, 0.4) is 0 Å². The Morgan fingerprint density at radius 1 is 1.67 bits per heavy atom. The van der Waals surface area contributed by atoms with Crippen molar-refractivity contribution in [3.05, 3.63) is 0 Å². The first-order chi connectivity index (χ1) is 5.53. The molecule has 0 spiro atoms. The Morgan fingerprint density at radius 2 is 2.33 bits per heavy atom. The topological polar surface area (TPSA) is 12.5 Å². The zero-order valence-corrected chi connectivity index (χ0v) is 8.14. The molecule has 0 radical (unpaired) electrons. The van der Waals surface area contributed by atoms with E-state index in [1.165, 1.54) is 0 Å². The summed E-state index contributed by atoms with van der Waals surface area (Å²) in [5.41, 5.74) is -0.979. The lowest BCUT2D eigenvalue weighted by Crippen LogP contribution is -2.32. The lowest BCUT2D eigenvalue weighted by molar-refractivity contribution is 0.0785. The van der Waals surface area contributed by atoms with Crippen molar-refractivity contribution in [3.63, 3.8) is 0 Å². The van der Waals surface area contributed by atoms with Crippen LogP contribution in [0.4, 0.5) is 4.39 Å². The lowest BCUT2D eigenvalue weighted by Gasteiger charge is -2.20. The number of hydrogen-bond donors (Lipinski definition) is 0. The second-order valence-electron chi connectivity index (χ2n) is 3.94. The van der Waals surface area contributed by atoms with Gasteiger partial charge in [0.2, 0.25) is 0 Å². The highest BCUT2D eigenvalue weighted by Gasteiger charge is 2.33. The molecule has 2 nitrogen and oxygen atoms in total. The standard InChI is InChI=1S/C9H18FNO/c1-8(12-3)6-11-5-4-9(2,10)7-11/h8H,4-7H2,1-3H3. The fourth-order valence-corrected chi connectivity index (χ4v) is 1.61. The molecule has 1 fully saturated rings. The molecule has 72 valence electrons. The Hall–Kier alpha value is -0.150. The molecule has 0 N–H and O–H groups in total. The van der Waals surface area contributed by atoms with Gasteiger partial charge in [0.05, 0.1) is 6.10 Å². The van der Waals surface area contributed by atoms with Crippen molar-refractivity contribution in [2.45, 2.75) is 32.0 Å². The minimum atomic E-state index is -0.979. The van der Waals surface area contributed by atoms with E-state index in [2.05, 4.69) is 4.90 Å². The maximum atomic E-state index is 13.3. The molecule has 0 aliphatic carbocycles. The average molecular weight is 175 g/mol. The van der Waals surface area contributed by atoms with Crippen LogP contribution in [-0.4, -0.2) is 43.4 Å². The highest BCUT2D eigenvalue weighted by atomic mass is 19.1. The van der Waals surface area contributed by atoms with E-state index in [1.54, 1.807) is 14.0 Å². The molecule has 1 aliphatic heterocycles. The largest absolute Gasteiger partial charge is 0.380 e. The van der Waals surface area contributed by atoms with Crippen LogP contribution in [-0.2, 0) is 4.74 Å². The van der Waals surface area contributed by atoms with Crippen LogP contribution in [0.1, 0.15) is 20.3 Å². The van der Waals surface area contributed by atoms with Crippen LogP contribution in [0.2, 0.25) is 0 Å². The van der Waals surface area contributed by atoms with Crippen molar-refractivity contribution in [2.24, 2.45) is 0 Å². The van der Waals surface area contributed by atoms with Crippen molar-refractivity contribution in [1.29, 1.82) is 0 Å². The predicted molar refractivity (Wildman–Crippen MR) is 47.0 cm³/mol. The van der Waals surface area contributed by atoms with Crippen LogP contribution < -0.4 is 0 Å². The quantitative estimate of drug-likeness (QED) is 0.644. The molecule has 2 unspecified atom stereocenters. The molecule has 1 aliphatic rings. The van der Waals surface area contributed by atoms with E-state index in [0.717, 1.165) is 13.1 Å². The number of likely N-dealkylation sites (tertiary alicyclic amines) is 1. The van der Waals surface area contributed by atoms with E-state index >= 15 is 0 Å². The van der Waals surface area contributed by atoms with E-state index in [4.69, 9.17) is 4.74 Å². The maximum absolute atomic E-state index is 13.3. The third-order valence-corrected chi connectivity index (χ3v) is 2.42. The summed E-state index contributed by atoms with van der Waals surface area (Å²) in [6, 6.07) is 0. The van der Waals surface area contributed by atoms with Crippen molar-refractivity contribution in [2.75, 3.05) is 26.7 Å². The first-order valence-corrected chi connectivity index (χ1v) is 4.47. The number of rotatable bonds is 3. The van der Waals surface area contributed by atoms with Gasteiger partial charge in [-0.15, -0.1) is 0 Å². The molecule has 0 aromatic carbocycles. The highest BCUT2D eigenvalue weighted by molar-refractivity contribution is 4.86. The van der Waals surface area contributed by atoms with E-state index in [1.807, 2.05) is 6.92 Å². The summed E-state index contributed by atoms with van der Waals surface area (Å²) in [5, 5.41) is 0. The number of halogens is 1. The second-order valence-corrected chi connectivity index (χ2v) is 3.94. The fraction of sp³-hybridized carbons (Fsp3) is 1.00. The van der Waals surface area contributed by atoms with Crippen LogP contribution in [0, 0.1) is 0 Å². The number of ether oxygens (including phenoxy) is 1. The van der Waals surface area contributed by atoms with E-state index in [0.29, 0.717) is 13.0 Å². The first-order valence-electron chi connectivity index (χ1n) is 4.47. The van der Waals surface area contributed by atoms with Crippen LogP contribution in [0.5, 0.6) is 0 Å². The summed E-state index contributed by atoms with van der Waals surface area (Å²) in [6.45, 7) is 5.94. The Morgan fingerprint density at radius 3 is 2.75 bits per heavy atom. The SMILES string of the molecule is COC(C)CN1CCC(C)(F)C1. The van der Waals surface area contributed by atoms with Gasteiger partial charge in [0, 0.05) is 26.7 Å². The summed E-state index contributed by atoms with van der Waals surface area (Å²) in [5.74, 6) is 0. The molecule has 0 aromatic heterocycles. The van der Waals surface area contributed by atoms with E-state index < -0.39 is 5.67 Å². The minimum Gasteiger partial charge on any atom is -0.380 e. The summed E-state index contributed by atoms with van der Waals surface area (Å²) >= 11 is 0. The second kappa shape index (κ2) is 3.71. The predicted octanol–water partition coefficient (Wildman–Crippen LogP) is 1.46. The lowest BCUT2D eigenvalue weighted by atomic mass is 10.1. The molecule has 0 bridgehead atoms. The van der Waals surface area contributed by atoms with Gasteiger partial charge in [-0.25, -0.2) is 4.39 Å². The summed E-state index contributed by atoms with van der Waals surface area (Å²) in [6.07, 6.45) is 0.863. The smallest absolute Gasteiger partial charge is 0.122 e. The zero-order valence-electron chi connectivity index (χ0n) is 8.14. The van der Waals surface area contributed by atoms with Gasteiger partial charge in [-0.3, -0.25) is 4.90 Å². The molecule has 0 saturated carbocycles. The summed E-state index contributed by atoms with van der Waals surface area (Å²) in [7, 11) is 1.69. The molecule has 1 heterocycles. The third-order valence-electron chi connectivity index (χ3n) is 2.42. The number of alkyl halides is 1. The van der Waals surface area contributed by atoms with E-state index in [-0.39, 0.29) is 6.10 Å². The van der Waals surface area contributed by atoms with Gasteiger partial charge >= 0.3 is 0 Å². The normalized spacial score (nSPS) is 34.0. The third kappa shape index (κ3) is 2.72. The zero-order chi connectivity index (χ0) is 9.19. The van der Waals surface area contributed by atoms with Crippen molar-refractivity contribution in [3.8, 4) is 0 Å². The van der Waals surface area contributed by atoms with Gasteiger partial charge in [-0.05, 0) is 20.3 Å². The fourth-order valence-electron chi connectivity index (χ4n) is 1.61. The minimum absolute atomic E-state index is 0.207. The molecular formula is C9H18FNO. The number of nitrogens with zero attached hydrogens (tertiary/aromatic N) is 1. The van der Waals surface area contributed by atoms with Gasteiger partial charge < -0.3 is 4.74 Å². The van der Waals surface area contributed by atoms with Gasteiger partial charge in [0.15, 0.2) is 0 Å². The Kier molecular flexibility index (Phi) is 3.07. The molecular weight excluding hydrogens is 157 g/mol. The van der Waals surface area contributed by atoms with Gasteiger partial charge in [0.1, 0.15) is 5.67 Å². The van der Waals surface area contributed by atoms with E-state index in [9.17, 15) is 4.39 Å². The Labute approximate surface area is 73.7 Å². The van der Waals surface area contributed by atoms with Gasteiger partial charge in [-0.2, -0.15) is 0 Å². The Balaban J connectivity index is 2.28. The number of methoxy groups -OCH3 is 1. The Bertz CT molecular complexity index is 149. The molecule has 1 rings (SSSR count). The maximum Gasteiger partial charge on any atom is 0.122 e. The van der Waals surface area contributed by atoms with Crippen LogP contribution in [0.15, 0.2) is 0 Å². The average Bonchev–Trinajstić information content (AvgIpc) is 2.30. The molecule has 12 heavy (non-hydrogen) atoms. The van der Waals surface area contributed by atoms with Crippen molar-refractivity contribution in [1.82, 2.24) is 4.90 Å². The summed E-state index contributed by atoms with van der Waals surface area (Å²) in [4.78, 5) is 2.12. The van der Waals surface area contributed by atoms with Gasteiger partial charge in [-0.1, -0.05) is 0 Å². The highest BCUT2D eigenvalue weighted by Crippen LogP contribution is 2.24. The summed E-state index contributed by atoms with van der Waals surface area (Å²) < 4.78 is 18.4. The van der Waals surface area contributed by atoms with Crippen molar-refractivity contribution < 1.29 is 9.13 Å².